The first-order valence-electron chi connectivity index (χ1n) is 7.62. The van der Waals surface area contributed by atoms with E-state index >= 15 is 0 Å². The summed E-state index contributed by atoms with van der Waals surface area (Å²) in [6.07, 6.45) is 1.57. The van der Waals surface area contributed by atoms with Crippen LogP contribution in [0.1, 0.15) is 41.5 Å². The average molecular weight is 336 g/mol. The number of rotatable bonds is 6. The van der Waals surface area contributed by atoms with Crippen molar-refractivity contribution in [1.29, 1.82) is 0 Å². The highest BCUT2D eigenvalue weighted by Crippen LogP contribution is 2.18. The second-order valence-electron chi connectivity index (χ2n) is 5.98. The van der Waals surface area contributed by atoms with Crippen molar-refractivity contribution in [2.75, 3.05) is 6.61 Å². The van der Waals surface area contributed by atoms with Crippen LogP contribution < -0.4 is 5.32 Å². The van der Waals surface area contributed by atoms with Gasteiger partial charge in [0.15, 0.2) is 0 Å². The lowest BCUT2D eigenvalue weighted by Gasteiger charge is -2.17. The summed E-state index contributed by atoms with van der Waals surface area (Å²) >= 11 is 5.87. The number of carbonyl (C=O) groups excluding carboxylic acids is 1. The zero-order valence-corrected chi connectivity index (χ0v) is 14.3. The molecule has 1 aromatic heterocycles. The van der Waals surface area contributed by atoms with Crippen LogP contribution in [-0.4, -0.2) is 27.4 Å². The van der Waals surface area contributed by atoms with Gasteiger partial charge < -0.3 is 10.4 Å². The standard InChI is InChI=1S/C17H22ClN3O2/c1-11(2)9-21-12(3)15(8-19-21)17(23)20-16(10-22)13-4-6-14(18)7-5-13/h4-8,11,16,22H,9-10H2,1-3H3,(H,20,23). The largest absolute Gasteiger partial charge is 0.394 e. The molecule has 5 nitrogen and oxygen atoms in total. The van der Waals surface area contributed by atoms with Gasteiger partial charge in [-0.2, -0.15) is 5.10 Å². The van der Waals surface area contributed by atoms with Crippen molar-refractivity contribution < 1.29 is 9.90 Å². The van der Waals surface area contributed by atoms with Crippen LogP contribution in [0.4, 0.5) is 0 Å². The maximum atomic E-state index is 12.5. The van der Waals surface area contributed by atoms with Crippen molar-refractivity contribution in [1.82, 2.24) is 15.1 Å². The Kier molecular flexibility index (Phi) is 5.80. The maximum absolute atomic E-state index is 12.5. The number of halogens is 1. The van der Waals surface area contributed by atoms with E-state index in [1.165, 1.54) is 0 Å². The first-order valence-corrected chi connectivity index (χ1v) is 7.99. The monoisotopic (exact) mass is 335 g/mol. The molecule has 0 bridgehead atoms. The van der Waals surface area contributed by atoms with E-state index in [0.29, 0.717) is 16.5 Å². The molecule has 2 N–H and O–H groups in total. The number of hydrogen-bond donors (Lipinski definition) is 2. The summed E-state index contributed by atoms with van der Waals surface area (Å²) in [6, 6.07) is 6.57. The van der Waals surface area contributed by atoms with Crippen LogP contribution >= 0.6 is 11.6 Å². The Morgan fingerprint density at radius 3 is 2.57 bits per heavy atom. The molecule has 0 aliphatic rings. The molecule has 1 aromatic carbocycles. The molecule has 1 amide bonds. The normalized spacial score (nSPS) is 12.4. The van der Waals surface area contributed by atoms with Gasteiger partial charge >= 0.3 is 0 Å². The molecule has 0 radical (unpaired) electrons. The smallest absolute Gasteiger partial charge is 0.255 e. The summed E-state index contributed by atoms with van der Waals surface area (Å²) in [4.78, 5) is 12.5. The molecule has 1 heterocycles. The van der Waals surface area contributed by atoms with Gasteiger partial charge in [0.1, 0.15) is 0 Å². The van der Waals surface area contributed by atoms with Gasteiger partial charge in [-0.05, 0) is 30.5 Å². The first kappa shape index (κ1) is 17.5. The number of benzene rings is 1. The lowest BCUT2D eigenvalue weighted by molar-refractivity contribution is 0.0915. The lowest BCUT2D eigenvalue weighted by atomic mass is 10.1. The fourth-order valence-electron chi connectivity index (χ4n) is 2.36. The number of aliphatic hydroxyl groups is 1. The van der Waals surface area contributed by atoms with Crippen LogP contribution in [0.2, 0.25) is 5.02 Å². The Morgan fingerprint density at radius 1 is 1.35 bits per heavy atom. The van der Waals surface area contributed by atoms with Crippen molar-refractivity contribution >= 4 is 17.5 Å². The highest BCUT2D eigenvalue weighted by molar-refractivity contribution is 6.30. The molecule has 0 aliphatic heterocycles. The van der Waals surface area contributed by atoms with Crippen molar-refractivity contribution in [3.63, 3.8) is 0 Å². The van der Waals surface area contributed by atoms with Crippen LogP contribution in [0.5, 0.6) is 0 Å². The van der Waals surface area contributed by atoms with Gasteiger partial charge in [-0.1, -0.05) is 37.6 Å². The SMILES string of the molecule is Cc1c(C(=O)NC(CO)c2ccc(Cl)cc2)cnn1CC(C)C. The van der Waals surface area contributed by atoms with Crippen LogP contribution in [0.25, 0.3) is 0 Å². The van der Waals surface area contributed by atoms with E-state index in [9.17, 15) is 9.90 Å². The quantitative estimate of drug-likeness (QED) is 0.852. The van der Waals surface area contributed by atoms with Crippen LogP contribution in [0.3, 0.4) is 0 Å². The summed E-state index contributed by atoms with van der Waals surface area (Å²) in [5.74, 6) is 0.204. The van der Waals surface area contributed by atoms with E-state index in [1.54, 1.807) is 30.5 Å². The third kappa shape index (κ3) is 4.33. The molecule has 2 rings (SSSR count). The lowest BCUT2D eigenvalue weighted by Crippen LogP contribution is -2.31. The molecular formula is C17H22ClN3O2. The van der Waals surface area contributed by atoms with Gasteiger partial charge in [0, 0.05) is 17.3 Å². The molecule has 0 spiro atoms. The molecule has 0 fully saturated rings. The van der Waals surface area contributed by atoms with Crippen molar-refractivity contribution in [2.24, 2.45) is 5.92 Å². The van der Waals surface area contributed by atoms with E-state index in [1.807, 2.05) is 11.6 Å². The van der Waals surface area contributed by atoms with E-state index in [0.717, 1.165) is 17.8 Å². The molecule has 23 heavy (non-hydrogen) atoms. The topological polar surface area (TPSA) is 67.2 Å². The third-order valence-corrected chi connectivity index (χ3v) is 3.90. The Balaban J connectivity index is 2.14. The van der Waals surface area contributed by atoms with Gasteiger partial charge in [0.25, 0.3) is 5.91 Å². The van der Waals surface area contributed by atoms with Crippen molar-refractivity contribution in [3.8, 4) is 0 Å². The molecule has 124 valence electrons. The molecule has 2 aromatic rings. The fourth-order valence-corrected chi connectivity index (χ4v) is 2.49. The minimum Gasteiger partial charge on any atom is -0.394 e. The molecular weight excluding hydrogens is 314 g/mol. The summed E-state index contributed by atoms with van der Waals surface area (Å²) < 4.78 is 1.83. The highest BCUT2D eigenvalue weighted by atomic mass is 35.5. The predicted octanol–water partition coefficient (Wildman–Crippen LogP) is 2.96. The number of nitrogens with zero attached hydrogens (tertiary/aromatic N) is 2. The molecule has 0 saturated heterocycles. The Morgan fingerprint density at radius 2 is 2.00 bits per heavy atom. The molecule has 6 heteroatoms. The first-order chi connectivity index (χ1) is 10.9. The zero-order valence-electron chi connectivity index (χ0n) is 13.6. The average Bonchev–Trinajstić information content (AvgIpc) is 2.86. The van der Waals surface area contributed by atoms with Crippen molar-refractivity contribution in [3.05, 3.63) is 52.3 Å². The minimum atomic E-state index is -0.479. The third-order valence-electron chi connectivity index (χ3n) is 3.65. The Bertz CT molecular complexity index is 665. The summed E-state index contributed by atoms with van der Waals surface area (Å²) in [6.45, 7) is 6.65. The Labute approximate surface area is 141 Å². The van der Waals surface area contributed by atoms with Gasteiger partial charge in [-0.15, -0.1) is 0 Å². The number of nitrogens with one attached hydrogen (secondary N) is 1. The van der Waals surface area contributed by atoms with Gasteiger partial charge in [-0.25, -0.2) is 0 Å². The summed E-state index contributed by atoms with van der Waals surface area (Å²) in [7, 11) is 0. The maximum Gasteiger partial charge on any atom is 0.255 e. The number of hydrogen-bond acceptors (Lipinski definition) is 3. The van der Waals surface area contributed by atoms with E-state index in [4.69, 9.17) is 11.6 Å². The zero-order chi connectivity index (χ0) is 17.0. The van der Waals surface area contributed by atoms with Crippen LogP contribution in [-0.2, 0) is 6.54 Å². The number of aliphatic hydroxyl groups excluding tert-OH is 1. The van der Waals surface area contributed by atoms with Gasteiger partial charge in [0.05, 0.1) is 24.4 Å². The summed E-state index contributed by atoms with van der Waals surface area (Å²) in [5, 5.41) is 17.3. The molecule has 1 atom stereocenters. The van der Waals surface area contributed by atoms with Gasteiger partial charge in [-0.3, -0.25) is 9.48 Å². The van der Waals surface area contributed by atoms with Crippen LogP contribution in [0, 0.1) is 12.8 Å². The Hall–Kier alpha value is -1.85. The number of amides is 1. The molecule has 0 saturated carbocycles. The summed E-state index contributed by atoms with van der Waals surface area (Å²) in [5.41, 5.74) is 2.15. The predicted molar refractivity (Wildman–Crippen MR) is 90.5 cm³/mol. The molecule has 1 unspecified atom stereocenters. The van der Waals surface area contributed by atoms with Gasteiger partial charge in [0.2, 0.25) is 0 Å². The minimum absolute atomic E-state index is 0.188. The number of carbonyl (C=O) groups is 1. The van der Waals surface area contributed by atoms with E-state index in [-0.39, 0.29) is 12.5 Å². The second kappa shape index (κ2) is 7.62. The van der Waals surface area contributed by atoms with E-state index in [2.05, 4.69) is 24.3 Å². The fraction of sp³-hybridized carbons (Fsp3) is 0.412. The van der Waals surface area contributed by atoms with Crippen molar-refractivity contribution in [2.45, 2.75) is 33.4 Å². The second-order valence-corrected chi connectivity index (χ2v) is 6.42. The number of aromatic nitrogens is 2. The molecule has 0 aliphatic carbocycles. The van der Waals surface area contributed by atoms with Crippen LogP contribution in [0.15, 0.2) is 30.5 Å². The van der Waals surface area contributed by atoms with E-state index < -0.39 is 6.04 Å². The highest BCUT2D eigenvalue weighted by Gasteiger charge is 2.19.